The van der Waals surface area contributed by atoms with Crippen molar-refractivity contribution in [2.24, 2.45) is 5.41 Å². The summed E-state index contributed by atoms with van der Waals surface area (Å²) in [5.74, 6) is -0.914. The van der Waals surface area contributed by atoms with Gasteiger partial charge in [0.1, 0.15) is 6.17 Å². The van der Waals surface area contributed by atoms with Gasteiger partial charge < -0.3 is 15.0 Å². The van der Waals surface area contributed by atoms with Gasteiger partial charge in [0.25, 0.3) is 0 Å². The zero-order valence-corrected chi connectivity index (χ0v) is 19.6. The van der Waals surface area contributed by atoms with E-state index in [1.54, 1.807) is 12.1 Å². The van der Waals surface area contributed by atoms with E-state index in [2.05, 4.69) is 47.9 Å². The molecular formula is C27H32FN3O2. The van der Waals surface area contributed by atoms with Crippen LogP contribution in [0.15, 0.2) is 42.6 Å². The van der Waals surface area contributed by atoms with E-state index < -0.39 is 12.1 Å². The summed E-state index contributed by atoms with van der Waals surface area (Å²) in [6, 6.07) is 11.8. The number of carboxylic acids is 1. The molecule has 1 aliphatic carbocycles. The van der Waals surface area contributed by atoms with Crippen molar-refractivity contribution in [3.8, 4) is 0 Å². The summed E-state index contributed by atoms with van der Waals surface area (Å²) in [6.45, 7) is 3.84. The number of alkyl halides is 1. The molecular weight excluding hydrogens is 417 g/mol. The molecule has 1 saturated carbocycles. The number of aromatic nitrogens is 1. The Bertz CT molecular complexity index is 1180. The second kappa shape index (κ2) is 8.17. The van der Waals surface area contributed by atoms with Crippen LogP contribution in [0.4, 0.5) is 10.1 Å². The van der Waals surface area contributed by atoms with Crippen molar-refractivity contribution in [3.05, 3.63) is 64.8 Å². The highest BCUT2D eigenvalue weighted by Gasteiger charge is 2.49. The van der Waals surface area contributed by atoms with Gasteiger partial charge in [0.05, 0.1) is 5.56 Å². The number of halogens is 1. The second-order valence-electron chi connectivity index (χ2n) is 10.2. The lowest BCUT2D eigenvalue weighted by molar-refractivity contribution is -0.0559. The van der Waals surface area contributed by atoms with E-state index in [0.717, 1.165) is 31.5 Å². The summed E-state index contributed by atoms with van der Waals surface area (Å²) in [4.78, 5) is 19.4. The number of carbonyl (C=O) groups is 1. The molecule has 174 valence electrons. The Hall–Kier alpha value is -2.86. The van der Waals surface area contributed by atoms with Crippen molar-refractivity contribution < 1.29 is 14.3 Å². The second-order valence-corrected chi connectivity index (χ2v) is 10.2. The molecule has 0 bridgehead atoms. The predicted molar refractivity (Wildman–Crippen MR) is 130 cm³/mol. The number of benzene rings is 2. The first kappa shape index (κ1) is 22.0. The number of piperidine rings is 1. The number of anilines is 1. The Balaban J connectivity index is 1.52. The quantitative estimate of drug-likeness (QED) is 0.525. The summed E-state index contributed by atoms with van der Waals surface area (Å²) in [5, 5.41) is 10.6. The number of carboxylic acid groups (broad SMARTS) is 1. The van der Waals surface area contributed by atoms with Gasteiger partial charge >= 0.3 is 5.97 Å². The number of nitrogens with one attached hydrogen (secondary N) is 1. The molecule has 2 heterocycles. The molecule has 6 heteroatoms. The van der Waals surface area contributed by atoms with Crippen molar-refractivity contribution in [1.29, 1.82) is 0 Å². The summed E-state index contributed by atoms with van der Waals surface area (Å²) < 4.78 is 13.9. The fourth-order valence-corrected chi connectivity index (χ4v) is 6.01. The van der Waals surface area contributed by atoms with E-state index in [4.69, 9.17) is 0 Å². The number of nitrogens with zero attached hydrogens (tertiary/aromatic N) is 2. The molecule has 1 atom stereocenters. The topological polar surface area (TPSA) is 59.6 Å². The number of aromatic carboxylic acids is 1. The maximum atomic E-state index is 13.9. The maximum Gasteiger partial charge on any atom is 0.335 e. The number of hydrogen-bond acceptors (Lipinski definition) is 3. The van der Waals surface area contributed by atoms with Crippen LogP contribution in [0, 0.1) is 12.3 Å². The van der Waals surface area contributed by atoms with E-state index in [0.29, 0.717) is 18.4 Å². The molecule has 3 aromatic rings. The third-order valence-electron chi connectivity index (χ3n) is 7.82. The Kier molecular flexibility index (Phi) is 5.44. The summed E-state index contributed by atoms with van der Waals surface area (Å²) in [7, 11) is 4.17. The molecule has 33 heavy (non-hydrogen) atoms. The minimum Gasteiger partial charge on any atom is -0.478 e. The number of likely N-dealkylation sites (tertiary alicyclic amines) is 1. The Morgan fingerprint density at radius 1 is 1.21 bits per heavy atom. The molecule has 5 nitrogen and oxygen atoms in total. The number of fused-ring (bicyclic) bond motifs is 1. The van der Waals surface area contributed by atoms with Crippen LogP contribution in [0.3, 0.4) is 0 Å². The highest BCUT2D eigenvalue weighted by Crippen LogP contribution is 2.55. The monoisotopic (exact) mass is 449 g/mol. The van der Waals surface area contributed by atoms with E-state index in [-0.39, 0.29) is 11.5 Å². The average molecular weight is 450 g/mol. The molecule has 0 amide bonds. The van der Waals surface area contributed by atoms with Crippen LogP contribution in [0.5, 0.6) is 0 Å². The van der Waals surface area contributed by atoms with Crippen molar-refractivity contribution >= 4 is 22.6 Å². The standard InChI is InChI=1S/C27H32FN3O2/c1-17-12-23(30(2)3)22(21-8-10-29-25(17)21)16-31-11-9-27(13-20(28)14-27)15-24(31)18-4-6-19(7-5-18)26(32)33/h4-8,10,12,20,24,29H,9,11,13-16H2,1-3H3,(H,32,33)/t20?,24-,27?/m0/s1. The molecule has 5 rings (SSSR count). The lowest BCUT2D eigenvalue weighted by Gasteiger charge is -2.53. The summed E-state index contributed by atoms with van der Waals surface area (Å²) >= 11 is 0. The van der Waals surface area contributed by atoms with Crippen LogP contribution >= 0.6 is 0 Å². The fraction of sp³-hybridized carbons (Fsp3) is 0.444. The molecule has 2 N–H and O–H groups in total. The van der Waals surface area contributed by atoms with Crippen molar-refractivity contribution in [3.63, 3.8) is 0 Å². The minimum absolute atomic E-state index is 0.0765. The molecule has 0 radical (unpaired) electrons. The lowest BCUT2D eigenvalue weighted by atomic mass is 9.60. The first-order chi connectivity index (χ1) is 15.8. The first-order valence-corrected chi connectivity index (χ1v) is 11.7. The number of aromatic amines is 1. The van der Waals surface area contributed by atoms with Gasteiger partial charge in [-0.2, -0.15) is 0 Å². The van der Waals surface area contributed by atoms with Crippen molar-refractivity contribution in [1.82, 2.24) is 9.88 Å². The Labute approximate surface area is 194 Å². The van der Waals surface area contributed by atoms with Gasteiger partial charge in [-0.1, -0.05) is 12.1 Å². The molecule has 1 aromatic heterocycles. The number of aryl methyl sites for hydroxylation is 1. The fourth-order valence-electron chi connectivity index (χ4n) is 6.01. The van der Waals surface area contributed by atoms with Crippen LogP contribution in [-0.2, 0) is 6.54 Å². The van der Waals surface area contributed by atoms with E-state index in [1.165, 1.54) is 27.7 Å². The SMILES string of the molecule is Cc1cc(N(C)C)c(CN2CCC3(CC(F)C3)C[C@H]2c2ccc(C(=O)O)cc2)c2cc[nH]c12. The predicted octanol–water partition coefficient (Wildman–Crippen LogP) is 5.70. The number of rotatable bonds is 5. The first-order valence-electron chi connectivity index (χ1n) is 11.7. The van der Waals surface area contributed by atoms with Crippen LogP contribution in [0.1, 0.15) is 58.8 Å². The highest BCUT2D eigenvalue weighted by atomic mass is 19.1. The average Bonchev–Trinajstić information content (AvgIpc) is 3.26. The van der Waals surface area contributed by atoms with Gasteiger partial charge in [0.2, 0.25) is 0 Å². The van der Waals surface area contributed by atoms with Gasteiger partial charge in [-0.3, -0.25) is 4.90 Å². The molecule has 2 fully saturated rings. The van der Waals surface area contributed by atoms with Crippen molar-refractivity contribution in [2.75, 3.05) is 25.5 Å². The number of H-pyrrole nitrogens is 1. The van der Waals surface area contributed by atoms with Gasteiger partial charge in [-0.15, -0.1) is 0 Å². The van der Waals surface area contributed by atoms with Gasteiger partial charge in [0.15, 0.2) is 0 Å². The smallest absolute Gasteiger partial charge is 0.335 e. The Morgan fingerprint density at radius 2 is 1.94 bits per heavy atom. The van der Waals surface area contributed by atoms with E-state index in [9.17, 15) is 14.3 Å². The minimum atomic E-state index is -0.914. The zero-order valence-electron chi connectivity index (χ0n) is 19.6. The number of hydrogen-bond donors (Lipinski definition) is 2. The molecule has 2 aromatic carbocycles. The largest absolute Gasteiger partial charge is 0.478 e. The molecule has 1 spiro atoms. The summed E-state index contributed by atoms with van der Waals surface area (Å²) in [5.41, 5.74) is 6.40. The molecule has 0 unspecified atom stereocenters. The normalized spacial score (nSPS) is 25.3. The zero-order chi connectivity index (χ0) is 23.3. The highest BCUT2D eigenvalue weighted by molar-refractivity contribution is 5.91. The van der Waals surface area contributed by atoms with Crippen LogP contribution in [-0.4, -0.2) is 47.8 Å². The van der Waals surface area contributed by atoms with E-state index >= 15 is 0 Å². The van der Waals surface area contributed by atoms with Gasteiger partial charge in [-0.05, 0) is 85.5 Å². The molecule has 1 saturated heterocycles. The van der Waals surface area contributed by atoms with Crippen LogP contribution < -0.4 is 4.90 Å². The van der Waals surface area contributed by atoms with Crippen LogP contribution in [0.25, 0.3) is 10.9 Å². The van der Waals surface area contributed by atoms with E-state index in [1.807, 2.05) is 18.3 Å². The third kappa shape index (κ3) is 3.90. The van der Waals surface area contributed by atoms with Gasteiger partial charge in [0, 0.05) is 49.5 Å². The Morgan fingerprint density at radius 3 is 2.58 bits per heavy atom. The third-order valence-corrected chi connectivity index (χ3v) is 7.82. The van der Waals surface area contributed by atoms with Gasteiger partial charge in [-0.25, -0.2) is 9.18 Å². The molecule has 2 aliphatic rings. The van der Waals surface area contributed by atoms with Crippen LogP contribution in [0.2, 0.25) is 0 Å². The summed E-state index contributed by atoms with van der Waals surface area (Å²) in [6.07, 6.45) is 4.56. The van der Waals surface area contributed by atoms with Crippen molar-refractivity contribution in [2.45, 2.75) is 51.4 Å². The lowest BCUT2D eigenvalue weighted by Crippen LogP contribution is -2.49. The maximum absolute atomic E-state index is 13.9. The molecule has 1 aliphatic heterocycles.